The summed E-state index contributed by atoms with van der Waals surface area (Å²) < 4.78 is 35.5. The molecule has 2 atom stereocenters. The fourth-order valence-corrected chi connectivity index (χ4v) is 3.63. The number of unbranched alkanes of at least 4 members (excludes halogenated alkanes) is 1. The summed E-state index contributed by atoms with van der Waals surface area (Å²) in [6.07, 6.45) is 4.02. The lowest BCUT2D eigenvalue weighted by atomic mass is 9.86. The van der Waals surface area contributed by atoms with Gasteiger partial charge in [-0.2, -0.15) is 0 Å². The molecule has 7 nitrogen and oxygen atoms in total. The largest absolute Gasteiger partial charge is 0.463 e. The lowest BCUT2D eigenvalue weighted by Crippen LogP contribution is -2.38. The number of aliphatic hydroxyl groups excluding tert-OH is 1. The molecular formula is C22H26BF2N3O4. The summed E-state index contributed by atoms with van der Waals surface area (Å²) >= 11 is 0. The predicted octanol–water partition coefficient (Wildman–Crippen LogP) is 2.02. The van der Waals surface area contributed by atoms with E-state index in [0.717, 1.165) is 32.8 Å². The van der Waals surface area contributed by atoms with Crippen LogP contribution in [0.15, 0.2) is 36.5 Å². The molecule has 0 aliphatic heterocycles. The molecule has 0 aliphatic carbocycles. The zero-order valence-electron chi connectivity index (χ0n) is 18.2. The van der Waals surface area contributed by atoms with Gasteiger partial charge in [0.15, 0.2) is 17.1 Å². The maximum Gasteiger partial charge on any atom is 0.270 e. The molecule has 32 heavy (non-hydrogen) atoms. The summed E-state index contributed by atoms with van der Waals surface area (Å²) in [6, 6.07) is 5.89. The molecule has 2 aromatic heterocycles. The number of imidazole rings is 1. The Bertz CT molecular complexity index is 1100. The van der Waals surface area contributed by atoms with E-state index in [9.17, 15) is 23.8 Å². The van der Waals surface area contributed by atoms with Crippen LogP contribution in [-0.2, 0) is 5.69 Å². The van der Waals surface area contributed by atoms with Crippen LogP contribution >= 0.6 is 0 Å². The van der Waals surface area contributed by atoms with Crippen LogP contribution < -0.4 is 10.1 Å². The summed E-state index contributed by atoms with van der Waals surface area (Å²) in [7, 11) is 1.13. The van der Waals surface area contributed by atoms with Gasteiger partial charge in [-0.15, -0.1) is 0 Å². The van der Waals surface area contributed by atoms with Gasteiger partial charge in [0.1, 0.15) is 17.3 Å². The third kappa shape index (κ3) is 4.76. The fourth-order valence-electron chi connectivity index (χ4n) is 3.63. The Morgan fingerprint density at radius 3 is 2.62 bits per heavy atom. The summed E-state index contributed by atoms with van der Waals surface area (Å²) in [5.74, 6) is -2.30. The molecule has 3 rings (SSSR count). The highest BCUT2D eigenvalue weighted by molar-refractivity contribution is 6.13. The number of aliphatic hydroxyl groups is 2. The SMILES string of the molecule is BC(O)(Oc1cccn2c(C(=O)NC(CO)CCCC)c(C)nc12)c1c(F)cccc1F. The summed E-state index contributed by atoms with van der Waals surface area (Å²) in [5.41, 5.74) is -2.15. The molecule has 0 saturated heterocycles. The molecule has 1 aromatic carbocycles. The highest BCUT2D eigenvalue weighted by Gasteiger charge is 2.33. The zero-order chi connectivity index (χ0) is 23.5. The van der Waals surface area contributed by atoms with E-state index in [1.54, 1.807) is 19.2 Å². The van der Waals surface area contributed by atoms with E-state index < -0.39 is 34.8 Å². The first-order valence-electron chi connectivity index (χ1n) is 10.4. The number of aryl methyl sites for hydroxylation is 1. The van der Waals surface area contributed by atoms with Gasteiger partial charge in [-0.05, 0) is 37.6 Å². The smallest absolute Gasteiger partial charge is 0.270 e. The molecule has 170 valence electrons. The van der Waals surface area contributed by atoms with Crippen LogP contribution in [0.3, 0.4) is 0 Å². The first-order valence-corrected chi connectivity index (χ1v) is 10.4. The van der Waals surface area contributed by atoms with Crippen molar-refractivity contribution >= 4 is 19.4 Å². The Balaban J connectivity index is 1.96. The first kappa shape index (κ1) is 23.7. The van der Waals surface area contributed by atoms with Crippen LogP contribution in [0.1, 0.15) is 47.9 Å². The van der Waals surface area contributed by atoms with Crippen LogP contribution in [0.25, 0.3) is 5.65 Å². The number of hydrogen-bond donors (Lipinski definition) is 3. The number of amides is 1. The minimum atomic E-state index is -2.33. The number of ether oxygens (including phenoxy) is 1. The molecule has 0 saturated carbocycles. The van der Waals surface area contributed by atoms with Crippen molar-refractivity contribution < 1.29 is 28.5 Å². The molecule has 0 aliphatic rings. The summed E-state index contributed by atoms with van der Waals surface area (Å²) in [6.45, 7) is 3.47. The highest BCUT2D eigenvalue weighted by Crippen LogP contribution is 2.30. The van der Waals surface area contributed by atoms with Gasteiger partial charge in [-0.1, -0.05) is 25.8 Å². The van der Waals surface area contributed by atoms with Crippen molar-refractivity contribution in [3.63, 3.8) is 0 Å². The third-order valence-electron chi connectivity index (χ3n) is 5.20. The number of hydrogen-bond acceptors (Lipinski definition) is 5. The van der Waals surface area contributed by atoms with Crippen LogP contribution in [-0.4, -0.2) is 46.0 Å². The normalized spacial score (nSPS) is 14.2. The van der Waals surface area contributed by atoms with E-state index in [2.05, 4.69) is 10.3 Å². The molecule has 3 N–H and O–H groups in total. The van der Waals surface area contributed by atoms with E-state index in [1.165, 1.54) is 16.5 Å². The average Bonchev–Trinajstić information content (AvgIpc) is 3.07. The van der Waals surface area contributed by atoms with Crippen molar-refractivity contribution in [3.8, 4) is 5.75 Å². The number of fused-ring (bicyclic) bond motifs is 1. The molecule has 0 radical (unpaired) electrons. The maximum atomic E-state index is 14.2. The quantitative estimate of drug-likeness (QED) is 0.346. The number of rotatable bonds is 9. The monoisotopic (exact) mass is 445 g/mol. The topological polar surface area (TPSA) is 96.1 Å². The molecule has 2 heterocycles. The van der Waals surface area contributed by atoms with Gasteiger partial charge in [0.25, 0.3) is 5.91 Å². The second-order valence-corrected chi connectivity index (χ2v) is 7.79. The van der Waals surface area contributed by atoms with Crippen LogP contribution in [0, 0.1) is 18.6 Å². The minimum absolute atomic E-state index is 0.0343. The number of nitrogens with zero attached hydrogens (tertiary/aromatic N) is 2. The van der Waals surface area contributed by atoms with Crippen LogP contribution in [0.5, 0.6) is 5.75 Å². The Morgan fingerprint density at radius 1 is 1.31 bits per heavy atom. The number of benzene rings is 1. The van der Waals surface area contributed by atoms with E-state index in [1.807, 2.05) is 6.92 Å². The van der Waals surface area contributed by atoms with Crippen LogP contribution in [0.2, 0.25) is 0 Å². The minimum Gasteiger partial charge on any atom is -0.463 e. The molecule has 2 unspecified atom stereocenters. The van der Waals surface area contributed by atoms with E-state index in [-0.39, 0.29) is 23.7 Å². The maximum absolute atomic E-state index is 14.2. The highest BCUT2D eigenvalue weighted by atomic mass is 19.1. The van der Waals surface area contributed by atoms with E-state index in [4.69, 9.17) is 4.74 Å². The Hall–Kier alpha value is -2.98. The number of carbonyl (C=O) groups excluding carboxylic acids is 1. The van der Waals surface area contributed by atoms with Gasteiger partial charge in [0.05, 0.1) is 23.9 Å². The van der Waals surface area contributed by atoms with E-state index >= 15 is 0 Å². The predicted molar refractivity (Wildman–Crippen MR) is 117 cm³/mol. The first-order chi connectivity index (χ1) is 15.2. The van der Waals surface area contributed by atoms with E-state index in [0.29, 0.717) is 12.1 Å². The molecule has 10 heteroatoms. The second-order valence-electron chi connectivity index (χ2n) is 7.79. The lowest BCUT2D eigenvalue weighted by Gasteiger charge is -2.26. The molecule has 0 spiro atoms. The number of nitrogens with one attached hydrogen (secondary N) is 1. The van der Waals surface area contributed by atoms with Gasteiger partial charge in [-0.3, -0.25) is 9.20 Å². The average molecular weight is 445 g/mol. The van der Waals surface area contributed by atoms with Crippen molar-refractivity contribution in [3.05, 3.63) is 65.1 Å². The molecule has 0 fully saturated rings. The number of carbonyl (C=O) groups is 1. The van der Waals surface area contributed by atoms with Gasteiger partial charge < -0.3 is 20.3 Å². The fraction of sp³-hybridized carbons (Fsp3) is 0.364. The van der Waals surface area contributed by atoms with Gasteiger partial charge in [0.2, 0.25) is 7.85 Å². The van der Waals surface area contributed by atoms with Crippen LogP contribution in [0.4, 0.5) is 8.78 Å². The van der Waals surface area contributed by atoms with Gasteiger partial charge in [-0.25, -0.2) is 13.8 Å². The summed E-state index contributed by atoms with van der Waals surface area (Å²) in [4.78, 5) is 17.3. The Kier molecular flexibility index (Phi) is 7.15. The molecular weight excluding hydrogens is 419 g/mol. The number of pyridine rings is 1. The van der Waals surface area contributed by atoms with Gasteiger partial charge >= 0.3 is 0 Å². The number of halogens is 2. The Labute approximate surface area is 185 Å². The summed E-state index contributed by atoms with van der Waals surface area (Å²) in [5, 5.41) is 23.1. The van der Waals surface area contributed by atoms with Gasteiger partial charge in [0, 0.05) is 6.20 Å². The molecule has 1 amide bonds. The zero-order valence-corrected chi connectivity index (χ0v) is 18.2. The van der Waals surface area contributed by atoms with Crippen molar-refractivity contribution in [1.29, 1.82) is 0 Å². The van der Waals surface area contributed by atoms with Crippen molar-refractivity contribution in [1.82, 2.24) is 14.7 Å². The third-order valence-corrected chi connectivity index (χ3v) is 5.20. The Morgan fingerprint density at radius 2 is 2.00 bits per heavy atom. The standard InChI is InChI=1S/C22H26BF2N3O4/c1-3-4-7-14(12-29)27-21(30)19-13(2)26-20-17(10-6-11-28(19)20)32-22(23,31)18-15(24)8-5-9-16(18)25/h5-6,8-11,14,29,31H,3-4,7,12,23H2,1-2H3,(H,27,30). The second kappa shape index (κ2) is 9.66. The number of aromatic nitrogens is 2. The van der Waals surface area contributed by atoms with Crippen molar-refractivity contribution in [2.45, 2.75) is 44.8 Å². The van der Waals surface area contributed by atoms with Crippen molar-refractivity contribution in [2.24, 2.45) is 0 Å². The van der Waals surface area contributed by atoms with Crippen molar-refractivity contribution in [2.75, 3.05) is 6.61 Å². The molecule has 3 aromatic rings. The lowest BCUT2D eigenvalue weighted by molar-refractivity contribution is -0.0717. The molecule has 0 bridgehead atoms.